The van der Waals surface area contributed by atoms with Crippen molar-refractivity contribution in [1.82, 2.24) is 4.90 Å². The van der Waals surface area contributed by atoms with Gasteiger partial charge in [0.2, 0.25) is 5.91 Å². The van der Waals surface area contributed by atoms with Gasteiger partial charge in [-0.1, -0.05) is 0 Å². The Labute approximate surface area is 87.4 Å². The molecule has 0 unspecified atom stereocenters. The summed E-state index contributed by atoms with van der Waals surface area (Å²) in [6.45, 7) is -0.0367. The van der Waals surface area contributed by atoms with Crippen LogP contribution in [0.2, 0.25) is 0 Å². The fourth-order valence-electron chi connectivity index (χ4n) is 1.67. The molecule has 0 bridgehead atoms. The zero-order valence-corrected chi connectivity index (χ0v) is 8.55. The Bertz CT molecular complexity index is 255. The summed E-state index contributed by atoms with van der Waals surface area (Å²) in [6, 6.07) is -0.392. The van der Waals surface area contributed by atoms with Crippen molar-refractivity contribution in [2.75, 3.05) is 20.3 Å². The van der Waals surface area contributed by atoms with E-state index in [-0.39, 0.29) is 19.6 Å². The summed E-state index contributed by atoms with van der Waals surface area (Å²) in [7, 11) is 1.21. The van der Waals surface area contributed by atoms with Gasteiger partial charge >= 0.3 is 5.97 Å². The molecule has 1 aliphatic heterocycles. The molecule has 15 heavy (non-hydrogen) atoms. The lowest BCUT2D eigenvalue weighted by atomic mass is 10.2. The third kappa shape index (κ3) is 2.90. The van der Waals surface area contributed by atoms with Crippen molar-refractivity contribution in [3.05, 3.63) is 0 Å². The number of esters is 1. The number of hydrogen-bond donors (Lipinski definition) is 2. The van der Waals surface area contributed by atoms with Gasteiger partial charge in [-0.3, -0.25) is 9.59 Å². The molecule has 0 aromatic heterocycles. The quantitative estimate of drug-likeness (QED) is 0.444. The van der Waals surface area contributed by atoms with Gasteiger partial charge in [-0.05, 0) is 6.42 Å². The van der Waals surface area contributed by atoms with Crippen LogP contribution in [0.1, 0.15) is 12.8 Å². The Morgan fingerprint density at radius 2 is 2.20 bits per heavy atom. The van der Waals surface area contributed by atoms with E-state index in [1.54, 1.807) is 0 Å². The number of nitrogens with zero attached hydrogens (tertiary/aromatic N) is 1. The van der Waals surface area contributed by atoms with E-state index in [1.807, 2.05) is 0 Å². The van der Waals surface area contributed by atoms with E-state index in [0.717, 1.165) is 0 Å². The highest BCUT2D eigenvalue weighted by Crippen LogP contribution is 2.18. The van der Waals surface area contributed by atoms with Gasteiger partial charge in [-0.25, -0.2) is 0 Å². The molecule has 0 aromatic rings. The summed E-state index contributed by atoms with van der Waals surface area (Å²) in [5.41, 5.74) is 0. The highest BCUT2D eigenvalue weighted by molar-refractivity contribution is 5.94. The molecule has 6 nitrogen and oxygen atoms in total. The lowest BCUT2D eigenvalue weighted by Crippen LogP contribution is -2.39. The van der Waals surface area contributed by atoms with E-state index < -0.39 is 24.0 Å². The second-order valence-corrected chi connectivity index (χ2v) is 3.52. The molecule has 1 fully saturated rings. The fraction of sp³-hybridized carbons (Fsp3) is 0.778. The average molecular weight is 217 g/mol. The first-order chi connectivity index (χ1) is 7.08. The third-order valence-electron chi connectivity index (χ3n) is 2.45. The lowest BCUT2D eigenvalue weighted by molar-refractivity contribution is -0.147. The van der Waals surface area contributed by atoms with E-state index in [4.69, 9.17) is 5.11 Å². The van der Waals surface area contributed by atoms with Crippen LogP contribution in [-0.4, -0.2) is 59.4 Å². The second-order valence-electron chi connectivity index (χ2n) is 3.52. The molecule has 1 amide bonds. The summed E-state index contributed by atoms with van der Waals surface area (Å²) in [6.07, 6.45) is -0.618. The minimum absolute atomic E-state index is 0.168. The molecule has 0 radical (unpaired) electrons. The Kier molecular flexibility index (Phi) is 4.05. The number of aliphatic hydroxyl groups is 2. The Morgan fingerprint density at radius 1 is 1.53 bits per heavy atom. The van der Waals surface area contributed by atoms with E-state index in [0.29, 0.717) is 6.42 Å². The SMILES string of the molecule is COC(=O)CC(=O)N1C[C@H](O)C[C@H]1CO. The molecule has 6 heteroatoms. The number of aliphatic hydroxyl groups excluding tert-OH is 2. The van der Waals surface area contributed by atoms with Crippen LogP contribution in [0.4, 0.5) is 0 Å². The molecule has 0 aromatic carbocycles. The summed E-state index contributed by atoms with van der Waals surface area (Å²) >= 11 is 0. The van der Waals surface area contributed by atoms with E-state index in [2.05, 4.69) is 4.74 Å². The average Bonchev–Trinajstić information content (AvgIpc) is 2.59. The Hall–Kier alpha value is -1.14. The summed E-state index contributed by atoms with van der Waals surface area (Å²) in [4.78, 5) is 23.7. The fourth-order valence-corrected chi connectivity index (χ4v) is 1.67. The molecular weight excluding hydrogens is 202 g/mol. The topological polar surface area (TPSA) is 87.1 Å². The van der Waals surface area contributed by atoms with Gasteiger partial charge in [-0.2, -0.15) is 0 Å². The number of β-amino-alcohol motifs (C(OH)–C–C–N with tert-alkyl or cyclic N) is 1. The smallest absolute Gasteiger partial charge is 0.315 e. The van der Waals surface area contributed by atoms with Crippen molar-refractivity contribution in [2.45, 2.75) is 25.0 Å². The standard InChI is InChI=1S/C9H15NO5/c1-15-9(14)3-8(13)10-4-7(12)2-6(10)5-11/h6-7,11-12H,2-5H2,1H3/t6-,7+/m0/s1. The minimum atomic E-state index is -0.622. The van der Waals surface area contributed by atoms with Crippen LogP contribution in [-0.2, 0) is 14.3 Å². The molecule has 1 aliphatic rings. The maximum absolute atomic E-state index is 11.5. The van der Waals surface area contributed by atoms with Crippen LogP contribution in [0.25, 0.3) is 0 Å². The number of methoxy groups -OCH3 is 1. The van der Waals surface area contributed by atoms with E-state index >= 15 is 0 Å². The van der Waals surface area contributed by atoms with Gasteiger partial charge in [0, 0.05) is 6.54 Å². The molecule has 1 rings (SSSR count). The first-order valence-corrected chi connectivity index (χ1v) is 4.73. The van der Waals surface area contributed by atoms with E-state index in [1.165, 1.54) is 12.0 Å². The minimum Gasteiger partial charge on any atom is -0.469 e. The van der Waals surface area contributed by atoms with Crippen LogP contribution >= 0.6 is 0 Å². The molecule has 0 saturated carbocycles. The molecular formula is C9H15NO5. The van der Waals surface area contributed by atoms with Crippen LogP contribution in [0.5, 0.6) is 0 Å². The van der Waals surface area contributed by atoms with Crippen LogP contribution in [0.3, 0.4) is 0 Å². The highest BCUT2D eigenvalue weighted by atomic mass is 16.5. The van der Waals surface area contributed by atoms with Crippen LogP contribution < -0.4 is 0 Å². The van der Waals surface area contributed by atoms with Gasteiger partial charge in [0.1, 0.15) is 6.42 Å². The first kappa shape index (κ1) is 11.9. The van der Waals surface area contributed by atoms with Crippen molar-refractivity contribution in [2.24, 2.45) is 0 Å². The third-order valence-corrected chi connectivity index (χ3v) is 2.45. The van der Waals surface area contributed by atoms with Crippen molar-refractivity contribution in [3.8, 4) is 0 Å². The molecule has 0 spiro atoms. The molecule has 86 valence electrons. The number of likely N-dealkylation sites (tertiary alicyclic amines) is 1. The monoisotopic (exact) mass is 217 g/mol. The normalized spacial score (nSPS) is 25.4. The van der Waals surface area contributed by atoms with Gasteiger partial charge in [-0.15, -0.1) is 0 Å². The van der Waals surface area contributed by atoms with Crippen LogP contribution in [0.15, 0.2) is 0 Å². The Morgan fingerprint density at radius 3 is 2.73 bits per heavy atom. The van der Waals surface area contributed by atoms with Crippen LogP contribution in [0, 0.1) is 0 Å². The first-order valence-electron chi connectivity index (χ1n) is 4.73. The molecule has 2 atom stereocenters. The Balaban J connectivity index is 2.54. The van der Waals surface area contributed by atoms with Crippen molar-refractivity contribution in [1.29, 1.82) is 0 Å². The summed E-state index contributed by atoms with van der Waals surface area (Å²) in [5, 5.41) is 18.3. The number of ether oxygens (including phenoxy) is 1. The van der Waals surface area contributed by atoms with Crippen molar-refractivity contribution in [3.63, 3.8) is 0 Å². The van der Waals surface area contributed by atoms with Crippen molar-refractivity contribution >= 4 is 11.9 Å². The lowest BCUT2D eigenvalue weighted by Gasteiger charge is -2.21. The van der Waals surface area contributed by atoms with E-state index in [9.17, 15) is 14.7 Å². The zero-order valence-electron chi connectivity index (χ0n) is 8.55. The predicted octanol–water partition coefficient (Wildman–Crippen LogP) is -1.50. The van der Waals surface area contributed by atoms with Gasteiger partial charge in [0.05, 0.1) is 25.9 Å². The number of carbonyl (C=O) groups excluding carboxylic acids is 2. The number of carbonyl (C=O) groups is 2. The highest BCUT2D eigenvalue weighted by Gasteiger charge is 2.34. The molecule has 2 N–H and O–H groups in total. The predicted molar refractivity (Wildman–Crippen MR) is 49.8 cm³/mol. The number of hydrogen-bond acceptors (Lipinski definition) is 5. The molecule has 1 heterocycles. The second kappa shape index (κ2) is 5.09. The van der Waals surface area contributed by atoms with Gasteiger partial charge in [0.25, 0.3) is 0 Å². The van der Waals surface area contributed by atoms with Crippen molar-refractivity contribution < 1.29 is 24.5 Å². The summed E-state index contributed by atoms with van der Waals surface area (Å²) in [5.74, 6) is -1.03. The number of amides is 1. The number of rotatable bonds is 3. The van der Waals surface area contributed by atoms with Gasteiger partial charge < -0.3 is 19.8 Å². The largest absolute Gasteiger partial charge is 0.469 e. The molecule has 1 saturated heterocycles. The summed E-state index contributed by atoms with van der Waals surface area (Å²) < 4.78 is 4.36. The maximum Gasteiger partial charge on any atom is 0.315 e. The maximum atomic E-state index is 11.5. The molecule has 0 aliphatic carbocycles. The zero-order chi connectivity index (χ0) is 11.4. The van der Waals surface area contributed by atoms with Gasteiger partial charge in [0.15, 0.2) is 0 Å².